The smallest absolute Gasteiger partial charge is 0.410 e. The number of hydrogen-bond acceptors (Lipinski definition) is 4. The molecule has 6 nitrogen and oxygen atoms in total. The van der Waals surface area contributed by atoms with Crippen LogP contribution in [0.4, 0.5) is 4.79 Å². The Morgan fingerprint density at radius 2 is 1.71 bits per heavy atom. The molecule has 0 bridgehead atoms. The van der Waals surface area contributed by atoms with Crippen molar-refractivity contribution in [2.75, 3.05) is 39.9 Å². The Morgan fingerprint density at radius 3 is 2.33 bits per heavy atom. The molecular weight excluding hydrogens is 272 g/mol. The summed E-state index contributed by atoms with van der Waals surface area (Å²) in [6.07, 6.45) is 0.684. The van der Waals surface area contributed by atoms with Crippen LogP contribution in [-0.2, 0) is 14.3 Å². The van der Waals surface area contributed by atoms with E-state index in [4.69, 9.17) is 9.47 Å². The molecule has 2 unspecified atom stereocenters. The molecule has 2 aliphatic heterocycles. The van der Waals surface area contributed by atoms with Crippen molar-refractivity contribution in [2.45, 2.75) is 32.8 Å². The molecule has 21 heavy (non-hydrogen) atoms. The number of fused-ring (bicyclic) bond motifs is 1. The van der Waals surface area contributed by atoms with Gasteiger partial charge in [0.15, 0.2) is 0 Å². The Kier molecular flexibility index (Phi) is 4.76. The van der Waals surface area contributed by atoms with E-state index in [1.54, 1.807) is 4.90 Å². The predicted molar refractivity (Wildman–Crippen MR) is 77.9 cm³/mol. The minimum absolute atomic E-state index is 0.0377. The second-order valence-electron chi connectivity index (χ2n) is 6.97. The molecule has 0 spiro atoms. The number of piperidine rings is 1. The highest BCUT2D eigenvalue weighted by molar-refractivity contribution is 5.77. The van der Waals surface area contributed by atoms with Crippen molar-refractivity contribution in [2.24, 2.45) is 11.8 Å². The number of nitrogens with zero attached hydrogens (tertiary/aromatic N) is 2. The molecule has 2 aliphatic rings. The van der Waals surface area contributed by atoms with Gasteiger partial charge >= 0.3 is 6.09 Å². The van der Waals surface area contributed by atoms with Gasteiger partial charge in [-0.25, -0.2) is 4.79 Å². The summed E-state index contributed by atoms with van der Waals surface area (Å²) in [6, 6.07) is 0. The minimum Gasteiger partial charge on any atom is -0.444 e. The van der Waals surface area contributed by atoms with Crippen molar-refractivity contribution in [1.82, 2.24) is 9.80 Å². The van der Waals surface area contributed by atoms with Crippen molar-refractivity contribution in [3.63, 3.8) is 0 Å². The minimum atomic E-state index is -0.468. The van der Waals surface area contributed by atoms with Gasteiger partial charge in [-0.3, -0.25) is 4.79 Å². The van der Waals surface area contributed by atoms with Gasteiger partial charge < -0.3 is 19.3 Å². The molecule has 2 amide bonds. The molecule has 0 aliphatic carbocycles. The molecule has 0 radical (unpaired) electrons. The maximum absolute atomic E-state index is 12.1. The van der Waals surface area contributed by atoms with Gasteiger partial charge in [-0.2, -0.15) is 0 Å². The molecular formula is C15H26N2O4. The van der Waals surface area contributed by atoms with E-state index in [0.717, 1.165) is 13.0 Å². The third-order valence-electron chi connectivity index (χ3n) is 4.07. The molecule has 0 aromatic rings. The largest absolute Gasteiger partial charge is 0.444 e. The van der Waals surface area contributed by atoms with Crippen LogP contribution >= 0.6 is 0 Å². The maximum Gasteiger partial charge on any atom is 0.410 e. The van der Waals surface area contributed by atoms with Crippen LogP contribution in [0.3, 0.4) is 0 Å². The summed E-state index contributed by atoms with van der Waals surface area (Å²) in [4.78, 5) is 27.6. The highest BCUT2D eigenvalue weighted by Gasteiger charge is 2.40. The van der Waals surface area contributed by atoms with Crippen molar-refractivity contribution >= 4 is 12.0 Å². The fraction of sp³-hybridized carbons (Fsp3) is 0.867. The Bertz CT molecular complexity index is 405. The number of methoxy groups -OCH3 is 1. The monoisotopic (exact) mass is 298 g/mol. The lowest BCUT2D eigenvalue weighted by Gasteiger charge is -2.35. The van der Waals surface area contributed by atoms with E-state index in [-0.39, 0.29) is 18.6 Å². The van der Waals surface area contributed by atoms with Gasteiger partial charge in [-0.05, 0) is 39.0 Å². The summed E-state index contributed by atoms with van der Waals surface area (Å²) in [6.45, 7) is 8.64. The third kappa shape index (κ3) is 4.09. The quantitative estimate of drug-likeness (QED) is 0.772. The van der Waals surface area contributed by atoms with Crippen LogP contribution in [0.5, 0.6) is 0 Å². The van der Waals surface area contributed by atoms with Crippen LogP contribution in [0.25, 0.3) is 0 Å². The normalized spacial score (nSPS) is 25.7. The van der Waals surface area contributed by atoms with E-state index >= 15 is 0 Å². The average Bonchev–Trinajstić information content (AvgIpc) is 2.79. The lowest BCUT2D eigenvalue weighted by molar-refractivity contribution is -0.134. The van der Waals surface area contributed by atoms with Gasteiger partial charge in [0.1, 0.15) is 12.2 Å². The Hall–Kier alpha value is -1.30. The summed E-state index contributed by atoms with van der Waals surface area (Å²) >= 11 is 0. The van der Waals surface area contributed by atoms with Crippen LogP contribution in [0, 0.1) is 11.8 Å². The second-order valence-corrected chi connectivity index (χ2v) is 6.97. The molecule has 120 valence electrons. The van der Waals surface area contributed by atoms with Gasteiger partial charge in [-0.1, -0.05) is 0 Å². The summed E-state index contributed by atoms with van der Waals surface area (Å²) < 4.78 is 10.3. The van der Waals surface area contributed by atoms with E-state index in [0.29, 0.717) is 31.5 Å². The fourth-order valence-electron chi connectivity index (χ4n) is 3.08. The number of rotatable bonds is 2. The lowest BCUT2D eigenvalue weighted by atomic mass is 9.89. The molecule has 0 N–H and O–H groups in total. The van der Waals surface area contributed by atoms with Crippen LogP contribution < -0.4 is 0 Å². The van der Waals surface area contributed by atoms with Crippen LogP contribution in [0.2, 0.25) is 0 Å². The van der Waals surface area contributed by atoms with Gasteiger partial charge in [0, 0.05) is 33.3 Å². The van der Waals surface area contributed by atoms with E-state index in [9.17, 15) is 9.59 Å². The van der Waals surface area contributed by atoms with Crippen LogP contribution in [-0.4, -0.2) is 67.3 Å². The van der Waals surface area contributed by atoms with Crippen molar-refractivity contribution in [1.29, 1.82) is 0 Å². The van der Waals surface area contributed by atoms with Gasteiger partial charge in [0.2, 0.25) is 5.91 Å². The molecule has 0 saturated carbocycles. The van der Waals surface area contributed by atoms with E-state index < -0.39 is 5.60 Å². The second kappa shape index (κ2) is 6.22. The number of carbonyl (C=O) groups is 2. The number of hydrogen-bond donors (Lipinski definition) is 0. The third-order valence-corrected chi connectivity index (χ3v) is 4.07. The zero-order valence-corrected chi connectivity index (χ0v) is 13.4. The molecule has 2 fully saturated rings. The van der Waals surface area contributed by atoms with Crippen molar-refractivity contribution in [3.8, 4) is 0 Å². The molecule has 2 heterocycles. The van der Waals surface area contributed by atoms with Gasteiger partial charge in [0.05, 0.1) is 0 Å². The fourth-order valence-corrected chi connectivity index (χ4v) is 3.08. The first-order valence-electron chi connectivity index (χ1n) is 7.55. The highest BCUT2D eigenvalue weighted by atomic mass is 16.6. The molecule has 0 aromatic carbocycles. The zero-order chi connectivity index (χ0) is 15.6. The van der Waals surface area contributed by atoms with Crippen LogP contribution in [0.15, 0.2) is 0 Å². The van der Waals surface area contributed by atoms with Gasteiger partial charge in [0.25, 0.3) is 0 Å². The van der Waals surface area contributed by atoms with Crippen molar-refractivity contribution in [3.05, 3.63) is 0 Å². The number of likely N-dealkylation sites (tertiary alicyclic amines) is 2. The number of ether oxygens (including phenoxy) is 2. The Labute approximate surface area is 126 Å². The highest BCUT2D eigenvalue weighted by Crippen LogP contribution is 2.31. The zero-order valence-electron chi connectivity index (χ0n) is 13.4. The average molecular weight is 298 g/mol. The van der Waals surface area contributed by atoms with Crippen LogP contribution in [0.1, 0.15) is 27.2 Å². The van der Waals surface area contributed by atoms with E-state index in [1.807, 2.05) is 25.7 Å². The van der Waals surface area contributed by atoms with Crippen molar-refractivity contribution < 1.29 is 19.1 Å². The van der Waals surface area contributed by atoms with E-state index in [1.165, 1.54) is 7.11 Å². The Morgan fingerprint density at radius 1 is 1.10 bits per heavy atom. The molecule has 6 heteroatoms. The standard InChI is InChI=1S/C15H26N2O4/c1-15(2,3)21-14(19)16-6-5-11-7-17(9-12(11)8-16)13(18)10-20-4/h11-12H,5-10H2,1-4H3. The molecule has 0 aromatic heterocycles. The summed E-state index contributed by atoms with van der Waals surface area (Å²) in [7, 11) is 1.53. The summed E-state index contributed by atoms with van der Waals surface area (Å²) in [5.74, 6) is 0.882. The first-order chi connectivity index (χ1) is 9.80. The molecule has 2 atom stereocenters. The van der Waals surface area contributed by atoms with Gasteiger partial charge in [-0.15, -0.1) is 0 Å². The lowest BCUT2D eigenvalue weighted by Crippen LogP contribution is -2.45. The first kappa shape index (κ1) is 16.1. The Balaban J connectivity index is 1.89. The topological polar surface area (TPSA) is 59.1 Å². The SMILES string of the molecule is COCC(=O)N1CC2CCN(C(=O)OC(C)(C)C)CC2C1. The maximum atomic E-state index is 12.1. The number of carbonyl (C=O) groups excluding carboxylic acids is 2. The number of amides is 2. The van der Waals surface area contributed by atoms with E-state index in [2.05, 4.69) is 0 Å². The first-order valence-corrected chi connectivity index (χ1v) is 7.55. The summed E-state index contributed by atoms with van der Waals surface area (Å²) in [5, 5.41) is 0. The molecule has 2 rings (SSSR count). The predicted octanol–water partition coefficient (Wildman–Crippen LogP) is 1.35. The summed E-state index contributed by atoms with van der Waals surface area (Å²) in [5.41, 5.74) is -0.468. The molecule has 2 saturated heterocycles.